The monoisotopic (exact) mass is 1670 g/mol. The largest absolute Gasteiger partial charge is 0.496 e. The Morgan fingerprint density at radius 3 is 1.36 bits per heavy atom. The van der Waals surface area contributed by atoms with Crippen LogP contribution < -0.4 is 54.5 Å². The van der Waals surface area contributed by atoms with E-state index in [2.05, 4.69) is 99.8 Å². The summed E-state index contributed by atoms with van der Waals surface area (Å²) in [5.41, 5.74) is 4.28. The van der Waals surface area contributed by atoms with Crippen LogP contribution in [0.4, 0.5) is 26.3 Å². The summed E-state index contributed by atoms with van der Waals surface area (Å²) in [7, 11) is 4.08. The van der Waals surface area contributed by atoms with Gasteiger partial charge in [-0.25, -0.2) is 19.7 Å². The molecule has 3 saturated carbocycles. The van der Waals surface area contributed by atoms with Crippen LogP contribution in [0.5, 0.6) is 40.2 Å². The van der Waals surface area contributed by atoms with Gasteiger partial charge in [-0.15, -0.1) is 0 Å². The minimum Gasteiger partial charge on any atom is -0.496 e. The average Bonchev–Trinajstić information content (AvgIpc) is 1.23. The number of hydrogen-bond acceptors (Lipinski definition) is 16. The Labute approximate surface area is 612 Å². The van der Waals surface area contributed by atoms with Gasteiger partial charge >= 0.3 is 25.8 Å². The van der Waals surface area contributed by atoms with Crippen molar-refractivity contribution in [3.05, 3.63) is 174 Å². The third kappa shape index (κ3) is 18.1. The van der Waals surface area contributed by atoms with Crippen molar-refractivity contribution in [1.82, 2.24) is 53.5 Å². The summed E-state index contributed by atoms with van der Waals surface area (Å²) in [6, 6.07) is 22.7. The molecule has 3 aromatic carbocycles. The molecule has 11 aromatic rings. The van der Waals surface area contributed by atoms with Gasteiger partial charge in [0.15, 0.2) is 11.0 Å². The highest BCUT2D eigenvalue weighted by molar-refractivity contribution is 14.1. The maximum Gasteiger partial charge on any atom is 0.387 e. The molecule has 4 N–H and O–H groups in total. The van der Waals surface area contributed by atoms with Crippen molar-refractivity contribution in [2.45, 2.75) is 103 Å². The first-order valence-corrected chi connectivity index (χ1v) is 34.4. The zero-order valence-corrected chi connectivity index (χ0v) is 60.8. The Hall–Kier alpha value is -10.0. The average molecular weight is 1670 g/mol. The van der Waals surface area contributed by atoms with Crippen LogP contribution in [0.1, 0.15) is 90.4 Å². The first-order valence-electron chi connectivity index (χ1n) is 31.7. The molecule has 103 heavy (non-hydrogen) atoms. The van der Waals surface area contributed by atoms with Gasteiger partial charge in [-0.2, -0.15) is 26.3 Å². The molecule has 3 amide bonds. The van der Waals surface area contributed by atoms with Crippen molar-refractivity contribution in [3.63, 3.8) is 0 Å². The number of alkyl halides is 6. The van der Waals surface area contributed by atoms with E-state index < -0.39 is 49.1 Å². The highest BCUT2D eigenvalue weighted by Crippen LogP contribution is 2.41. The van der Waals surface area contributed by atoms with E-state index in [0.29, 0.717) is 56.5 Å². The molecule has 8 aromatic heterocycles. The van der Waals surface area contributed by atoms with Crippen LogP contribution in [0, 0.1) is 3.70 Å². The number of esters is 1. The number of amides is 3. The topological polar surface area (TPSA) is 267 Å². The van der Waals surface area contributed by atoms with E-state index in [0.717, 1.165) is 56.8 Å². The lowest BCUT2D eigenvalue weighted by atomic mass is 10.1. The molecule has 0 saturated heterocycles. The second-order valence-electron chi connectivity index (χ2n) is 23.8. The molecular weight excluding hydrogens is 1600 g/mol. The van der Waals surface area contributed by atoms with Crippen molar-refractivity contribution in [1.29, 1.82) is 0 Å². The lowest BCUT2D eigenvalue weighted by Crippen LogP contribution is -2.39. The van der Waals surface area contributed by atoms with Gasteiger partial charge in [0.05, 0.1) is 63.6 Å². The SMILES string of the molecule is Brc1ccn2c(I)cnc2c1.CCOC(=O)C(C)(C)Oc1ccn2c(-c3cc(OC)c(C(=O)NC4CC4)c(OC(F)F)c3)cnc2c1.COc1cc(-c2c[nH]c3cc(=O)ccn23)cc(OC(F)F)c1C(=O)NC1CC1.COc1cc(-c2cnc3cc(Br)ccn23)cc(OC(F)F)c1C(=O)NC1CC1. The number of aromatic nitrogens is 8. The lowest BCUT2D eigenvalue weighted by molar-refractivity contribution is -0.158. The number of hydrogen-bond donors (Lipinski definition) is 4. The number of fused-ring (bicyclic) bond motifs is 4. The van der Waals surface area contributed by atoms with Crippen molar-refractivity contribution < 1.29 is 83.4 Å². The van der Waals surface area contributed by atoms with E-state index in [4.69, 9.17) is 28.4 Å². The number of carbonyl (C=O) groups excluding carboxylic acids is 4. The van der Waals surface area contributed by atoms with Crippen molar-refractivity contribution in [2.24, 2.45) is 0 Å². The van der Waals surface area contributed by atoms with Gasteiger partial charge < -0.3 is 63.2 Å². The Morgan fingerprint density at radius 1 is 0.544 bits per heavy atom. The third-order valence-corrected chi connectivity index (χ3v) is 17.7. The Balaban J connectivity index is 0.000000145. The fourth-order valence-electron chi connectivity index (χ4n) is 10.6. The molecule has 540 valence electrons. The standard InChI is InChI=1S/C25H27F2N3O6.C19H16BrF2N3O3.C19H17F2N3O4.C7H4BrIN2/c1-5-34-23(32)25(2,3)36-16-8-9-30-17(13-28-20(30)12-16)14-10-18(33-4)21(19(11-14)35-24(26)27)22(31)29-15-6-7-15;1-27-14-6-10(13-9-23-16-8-11(20)4-5-25(13)16)7-15(28-19(21)22)17(14)18(26)24-12-2-3-12;1-27-14-6-10(13-9-22-16-8-12(25)4-5-24(13)16)7-15(28-19(20)21)17(14)18(26)23-11-2-3-11;8-5-1-2-11-6(9)4-10-7(11)3-5/h8-13,15,24H,5-7H2,1-4H3,(H,29,31);4-9,12,19H,2-3H2,1H3,(H,24,26);4-9,11,19,22H,2-3H2,1H3,(H,23,26);1-4H. The number of benzene rings is 3. The molecule has 0 unspecified atom stereocenters. The molecule has 3 fully saturated rings. The number of halogens is 9. The number of aromatic amines is 1. The zero-order valence-electron chi connectivity index (χ0n) is 55.5. The molecule has 14 rings (SSSR count). The molecule has 0 radical (unpaired) electrons. The molecule has 0 aliphatic heterocycles. The third-order valence-electron chi connectivity index (χ3n) is 15.9. The second-order valence-corrected chi connectivity index (χ2v) is 26.7. The zero-order chi connectivity index (χ0) is 73.6. The Kier molecular flexibility index (Phi) is 23.1. The van der Waals surface area contributed by atoms with Gasteiger partial charge in [-0.05, 0) is 149 Å². The maximum absolute atomic E-state index is 13.2. The Bertz CT molecular complexity index is 5040. The fraction of sp³-hybridized carbons (Fsp3) is 0.286. The number of pyridine rings is 4. The normalized spacial score (nSPS) is 13.3. The molecule has 0 atom stereocenters. The number of H-pyrrole nitrogens is 1. The highest BCUT2D eigenvalue weighted by atomic mass is 127. The van der Waals surface area contributed by atoms with E-state index in [1.807, 2.05) is 41.1 Å². The van der Waals surface area contributed by atoms with E-state index >= 15 is 0 Å². The second kappa shape index (κ2) is 32.1. The first kappa shape index (κ1) is 74.2. The minimum atomic E-state index is -3.14. The van der Waals surface area contributed by atoms with Crippen LogP contribution in [-0.4, -0.2) is 133 Å². The molecule has 8 heterocycles. The number of nitrogens with zero attached hydrogens (tertiary/aromatic N) is 7. The van der Waals surface area contributed by atoms with Crippen LogP contribution in [0.2, 0.25) is 0 Å². The first-order chi connectivity index (χ1) is 49.3. The summed E-state index contributed by atoms with van der Waals surface area (Å²) < 4.78 is 130. The number of ether oxygens (including phenoxy) is 8. The molecule has 24 nitrogen and oxygen atoms in total. The summed E-state index contributed by atoms with van der Waals surface area (Å²) in [6.45, 7) is -4.17. The van der Waals surface area contributed by atoms with Crippen molar-refractivity contribution >= 4 is 101 Å². The Morgan fingerprint density at radius 2 is 0.932 bits per heavy atom. The summed E-state index contributed by atoms with van der Waals surface area (Å²) in [5, 5.41) is 8.32. The van der Waals surface area contributed by atoms with Gasteiger partial charge in [-0.1, -0.05) is 31.9 Å². The van der Waals surface area contributed by atoms with E-state index in [9.17, 15) is 50.3 Å². The van der Waals surface area contributed by atoms with E-state index in [1.165, 1.54) is 51.7 Å². The number of methoxy groups -OCH3 is 3. The van der Waals surface area contributed by atoms with Crippen LogP contribution in [-0.2, 0) is 9.53 Å². The molecule has 0 bridgehead atoms. The van der Waals surface area contributed by atoms with Crippen LogP contribution in [0.15, 0.2) is 148 Å². The van der Waals surface area contributed by atoms with Crippen molar-refractivity contribution in [3.8, 4) is 74.0 Å². The summed E-state index contributed by atoms with van der Waals surface area (Å²) in [4.78, 5) is 77.4. The van der Waals surface area contributed by atoms with Crippen LogP contribution in [0.25, 0.3) is 56.4 Å². The summed E-state index contributed by atoms with van der Waals surface area (Å²) >= 11 is 9.02. The number of imidazole rings is 4. The van der Waals surface area contributed by atoms with Crippen molar-refractivity contribution in [2.75, 3.05) is 27.9 Å². The quantitative estimate of drug-likeness (QED) is 0.0279. The molecular formula is C70H64Br2F6IN11O13. The van der Waals surface area contributed by atoms with Gasteiger partial charge in [-0.3, -0.25) is 32.4 Å². The maximum atomic E-state index is 13.2. The summed E-state index contributed by atoms with van der Waals surface area (Å²) in [5.74, 6) is -2.14. The lowest BCUT2D eigenvalue weighted by Gasteiger charge is -2.24. The van der Waals surface area contributed by atoms with Crippen LogP contribution in [0.3, 0.4) is 0 Å². The molecule has 33 heteroatoms. The van der Waals surface area contributed by atoms with Gasteiger partial charge in [0, 0.05) is 92.9 Å². The molecule has 3 aliphatic carbocycles. The fourth-order valence-corrected chi connectivity index (χ4v) is 11.8. The predicted octanol–water partition coefficient (Wildman–Crippen LogP) is 14.0. The number of carbonyl (C=O) groups is 4. The van der Waals surface area contributed by atoms with Gasteiger partial charge in [0.2, 0.25) is 0 Å². The number of rotatable bonds is 22. The summed E-state index contributed by atoms with van der Waals surface area (Å²) in [6.07, 6.45) is 18.8. The smallest absolute Gasteiger partial charge is 0.387 e. The van der Waals surface area contributed by atoms with Gasteiger partial charge in [0.1, 0.15) is 83.2 Å². The number of nitrogens with one attached hydrogen (secondary N) is 4. The van der Waals surface area contributed by atoms with E-state index in [-0.39, 0.29) is 81.3 Å². The highest BCUT2D eigenvalue weighted by Gasteiger charge is 2.34. The molecule has 0 spiro atoms. The van der Waals surface area contributed by atoms with Gasteiger partial charge in [0.25, 0.3) is 17.7 Å². The van der Waals surface area contributed by atoms with E-state index in [1.54, 1.807) is 101 Å². The van der Waals surface area contributed by atoms with Crippen LogP contribution >= 0.6 is 54.5 Å². The predicted molar refractivity (Wildman–Crippen MR) is 380 cm³/mol. The molecule has 3 aliphatic rings. The minimum absolute atomic E-state index is 0.0188.